The van der Waals surface area contributed by atoms with E-state index in [0.29, 0.717) is 22.0 Å². The zero-order valence-corrected chi connectivity index (χ0v) is 17.2. The van der Waals surface area contributed by atoms with Gasteiger partial charge in [-0.1, -0.05) is 11.6 Å². The highest BCUT2D eigenvalue weighted by Gasteiger charge is 2.33. The molecule has 0 aliphatic carbocycles. The first-order valence-corrected chi connectivity index (χ1v) is 9.94. The Morgan fingerprint density at radius 2 is 1.94 bits per heavy atom. The summed E-state index contributed by atoms with van der Waals surface area (Å²) >= 11 is 5.91. The standard InChI is InChI=1S/C22H19ClN4O4/c23-17-5-7-18(8-6-17)27-15-26(14-21(27)29)20(28)13-25(12-19-4-2-10-31-19)22(30)16-3-1-9-24-11-16/h1-11H,12-15H2. The van der Waals surface area contributed by atoms with E-state index >= 15 is 0 Å². The van der Waals surface area contributed by atoms with Gasteiger partial charge in [0, 0.05) is 23.1 Å². The number of halogens is 1. The number of rotatable bonds is 6. The summed E-state index contributed by atoms with van der Waals surface area (Å²) in [4.78, 5) is 46.7. The average molecular weight is 439 g/mol. The summed E-state index contributed by atoms with van der Waals surface area (Å²) in [6.45, 7) is -0.0303. The molecular weight excluding hydrogens is 420 g/mol. The van der Waals surface area contributed by atoms with Gasteiger partial charge >= 0.3 is 0 Å². The molecule has 158 valence electrons. The van der Waals surface area contributed by atoms with Crippen molar-refractivity contribution in [1.82, 2.24) is 14.8 Å². The first kappa shape index (κ1) is 20.6. The molecule has 1 saturated heterocycles. The molecule has 0 bridgehead atoms. The van der Waals surface area contributed by atoms with Crippen LogP contribution in [-0.2, 0) is 16.1 Å². The van der Waals surface area contributed by atoms with E-state index in [2.05, 4.69) is 4.98 Å². The minimum absolute atomic E-state index is 0.0584. The summed E-state index contributed by atoms with van der Waals surface area (Å²) < 4.78 is 5.35. The number of anilines is 1. The maximum Gasteiger partial charge on any atom is 0.256 e. The van der Waals surface area contributed by atoms with E-state index in [1.165, 1.54) is 27.2 Å². The van der Waals surface area contributed by atoms with E-state index in [1.807, 2.05) is 0 Å². The summed E-state index contributed by atoms with van der Waals surface area (Å²) in [5.41, 5.74) is 1.02. The van der Waals surface area contributed by atoms with Crippen molar-refractivity contribution in [1.29, 1.82) is 0 Å². The summed E-state index contributed by atoms with van der Waals surface area (Å²) in [6.07, 6.45) is 4.52. The van der Waals surface area contributed by atoms with Crippen molar-refractivity contribution in [3.8, 4) is 0 Å². The molecule has 1 aliphatic rings. The number of pyridine rings is 1. The number of furan rings is 1. The van der Waals surface area contributed by atoms with Crippen LogP contribution in [0.2, 0.25) is 5.02 Å². The maximum atomic E-state index is 13.0. The van der Waals surface area contributed by atoms with E-state index in [4.69, 9.17) is 16.0 Å². The minimum Gasteiger partial charge on any atom is -0.467 e. The lowest BCUT2D eigenvalue weighted by molar-refractivity contribution is -0.132. The van der Waals surface area contributed by atoms with Crippen LogP contribution in [0.1, 0.15) is 16.1 Å². The molecule has 0 radical (unpaired) electrons. The Balaban J connectivity index is 1.48. The second-order valence-electron chi connectivity index (χ2n) is 7.01. The van der Waals surface area contributed by atoms with Gasteiger partial charge in [-0.15, -0.1) is 0 Å². The van der Waals surface area contributed by atoms with Crippen LogP contribution < -0.4 is 4.90 Å². The molecule has 0 atom stereocenters. The fourth-order valence-electron chi connectivity index (χ4n) is 3.29. The van der Waals surface area contributed by atoms with Gasteiger partial charge in [-0.25, -0.2) is 0 Å². The Labute approximate surface area is 183 Å². The summed E-state index contributed by atoms with van der Waals surface area (Å²) in [5, 5.41) is 0.561. The van der Waals surface area contributed by atoms with Gasteiger partial charge in [0.15, 0.2) is 0 Å². The molecule has 3 amide bonds. The number of nitrogens with zero attached hydrogens (tertiary/aromatic N) is 4. The highest BCUT2D eigenvalue weighted by molar-refractivity contribution is 6.30. The third kappa shape index (κ3) is 4.75. The molecule has 1 aliphatic heterocycles. The van der Waals surface area contributed by atoms with Crippen molar-refractivity contribution in [2.75, 3.05) is 24.7 Å². The quantitative estimate of drug-likeness (QED) is 0.590. The first-order chi connectivity index (χ1) is 15.0. The Hall–Kier alpha value is -3.65. The van der Waals surface area contributed by atoms with Crippen LogP contribution in [0.25, 0.3) is 0 Å². The lowest BCUT2D eigenvalue weighted by Crippen LogP contribution is -2.42. The fraction of sp³-hybridized carbons (Fsp3) is 0.182. The Kier molecular flexibility index (Phi) is 5.99. The van der Waals surface area contributed by atoms with Gasteiger partial charge in [0.1, 0.15) is 25.5 Å². The number of hydrogen-bond acceptors (Lipinski definition) is 5. The molecule has 0 N–H and O–H groups in total. The molecule has 4 rings (SSSR count). The van der Waals surface area contributed by atoms with Gasteiger partial charge in [-0.05, 0) is 48.5 Å². The van der Waals surface area contributed by atoms with E-state index in [0.717, 1.165) is 0 Å². The van der Waals surface area contributed by atoms with Crippen molar-refractivity contribution in [2.24, 2.45) is 0 Å². The van der Waals surface area contributed by atoms with Crippen molar-refractivity contribution in [3.05, 3.63) is 83.5 Å². The van der Waals surface area contributed by atoms with Crippen LogP contribution in [0.15, 0.2) is 71.6 Å². The Morgan fingerprint density at radius 1 is 1.13 bits per heavy atom. The van der Waals surface area contributed by atoms with E-state index < -0.39 is 0 Å². The lowest BCUT2D eigenvalue weighted by Gasteiger charge is -2.24. The molecule has 1 fully saturated rings. The van der Waals surface area contributed by atoms with Gasteiger partial charge in [-0.3, -0.25) is 24.3 Å². The molecule has 2 aromatic heterocycles. The molecule has 31 heavy (non-hydrogen) atoms. The minimum atomic E-state index is -0.349. The summed E-state index contributed by atoms with van der Waals surface area (Å²) in [6, 6.07) is 13.6. The first-order valence-electron chi connectivity index (χ1n) is 9.56. The number of hydrogen-bond donors (Lipinski definition) is 0. The smallest absolute Gasteiger partial charge is 0.256 e. The van der Waals surface area contributed by atoms with Crippen molar-refractivity contribution < 1.29 is 18.8 Å². The van der Waals surface area contributed by atoms with Crippen LogP contribution in [0.3, 0.4) is 0 Å². The molecule has 3 aromatic rings. The summed E-state index contributed by atoms with van der Waals surface area (Å²) in [5.74, 6) is -0.344. The Bertz CT molecular complexity index is 1070. The van der Waals surface area contributed by atoms with E-state index in [1.54, 1.807) is 54.7 Å². The highest BCUT2D eigenvalue weighted by atomic mass is 35.5. The predicted octanol–water partition coefficient (Wildman–Crippen LogP) is 2.80. The third-order valence-corrected chi connectivity index (χ3v) is 5.13. The van der Waals surface area contributed by atoms with Crippen LogP contribution in [-0.4, -0.2) is 52.3 Å². The monoisotopic (exact) mass is 438 g/mol. The van der Waals surface area contributed by atoms with Crippen molar-refractivity contribution >= 4 is 35.0 Å². The molecule has 9 heteroatoms. The second-order valence-corrected chi connectivity index (χ2v) is 7.45. The average Bonchev–Trinajstić information content (AvgIpc) is 3.43. The fourth-order valence-corrected chi connectivity index (χ4v) is 3.41. The van der Waals surface area contributed by atoms with Gasteiger partial charge in [0.2, 0.25) is 11.8 Å². The summed E-state index contributed by atoms with van der Waals surface area (Å²) in [7, 11) is 0. The number of carbonyl (C=O) groups excluding carboxylic acids is 3. The zero-order valence-electron chi connectivity index (χ0n) is 16.5. The van der Waals surface area contributed by atoms with Crippen LogP contribution in [0, 0.1) is 0 Å². The number of aromatic nitrogens is 1. The molecule has 1 aromatic carbocycles. The van der Waals surface area contributed by atoms with Crippen LogP contribution in [0.4, 0.5) is 5.69 Å². The predicted molar refractivity (Wildman–Crippen MR) is 113 cm³/mol. The van der Waals surface area contributed by atoms with Crippen LogP contribution >= 0.6 is 11.6 Å². The topological polar surface area (TPSA) is 87.0 Å². The van der Waals surface area contributed by atoms with Gasteiger partial charge in [0.25, 0.3) is 5.91 Å². The van der Waals surface area contributed by atoms with Gasteiger partial charge < -0.3 is 14.2 Å². The van der Waals surface area contributed by atoms with E-state index in [-0.39, 0.29) is 44.0 Å². The van der Waals surface area contributed by atoms with Crippen molar-refractivity contribution in [2.45, 2.75) is 6.54 Å². The lowest BCUT2D eigenvalue weighted by atomic mass is 10.2. The number of amides is 3. The molecule has 3 heterocycles. The van der Waals surface area contributed by atoms with Gasteiger partial charge in [-0.2, -0.15) is 0 Å². The third-order valence-electron chi connectivity index (χ3n) is 4.88. The SMILES string of the molecule is O=C(CN(Cc1ccco1)C(=O)c1cccnc1)N1CC(=O)N(c2ccc(Cl)cc2)C1. The van der Waals surface area contributed by atoms with E-state index in [9.17, 15) is 14.4 Å². The zero-order chi connectivity index (χ0) is 21.8. The number of benzene rings is 1. The Morgan fingerprint density at radius 3 is 2.61 bits per heavy atom. The molecule has 0 spiro atoms. The maximum absolute atomic E-state index is 13.0. The molecule has 0 unspecified atom stereocenters. The van der Waals surface area contributed by atoms with Crippen LogP contribution in [0.5, 0.6) is 0 Å². The second kappa shape index (κ2) is 9.01. The largest absolute Gasteiger partial charge is 0.467 e. The normalized spacial score (nSPS) is 13.5. The van der Waals surface area contributed by atoms with Crippen molar-refractivity contribution in [3.63, 3.8) is 0 Å². The number of carbonyl (C=O) groups is 3. The highest BCUT2D eigenvalue weighted by Crippen LogP contribution is 2.22. The molecule has 8 nitrogen and oxygen atoms in total. The molecular formula is C22H19ClN4O4. The molecule has 0 saturated carbocycles. The van der Waals surface area contributed by atoms with Gasteiger partial charge in [0.05, 0.1) is 18.4 Å².